The van der Waals surface area contributed by atoms with E-state index in [4.69, 9.17) is 19.6 Å². The van der Waals surface area contributed by atoms with Gasteiger partial charge >= 0.3 is 19.3 Å². The SMILES string of the molecule is O=C(Nc1ccn([C@@H]2O[C@H](COC(C(=O)O)P(=O)(O)O)[C@@H](O)[C@H]2O)c(=O)n1)c1ccccc1. The summed E-state index contributed by atoms with van der Waals surface area (Å²) in [6.45, 7) is -0.801. The summed E-state index contributed by atoms with van der Waals surface area (Å²) in [7, 11) is -5.17. The van der Waals surface area contributed by atoms with Gasteiger partial charge in [0.2, 0.25) is 0 Å². The number of aliphatic hydroxyl groups is 2. The summed E-state index contributed by atoms with van der Waals surface area (Å²) in [6.07, 6.45) is -5.09. The van der Waals surface area contributed by atoms with Gasteiger partial charge in [-0.2, -0.15) is 4.98 Å². The van der Waals surface area contributed by atoms with Crippen molar-refractivity contribution in [1.29, 1.82) is 0 Å². The van der Waals surface area contributed by atoms with Crippen LogP contribution < -0.4 is 11.0 Å². The lowest BCUT2D eigenvalue weighted by Gasteiger charge is -2.19. The number of amides is 1. The van der Waals surface area contributed by atoms with Crippen molar-refractivity contribution in [3.05, 3.63) is 58.6 Å². The fourth-order valence-corrected chi connectivity index (χ4v) is 3.62. The van der Waals surface area contributed by atoms with Crippen LogP contribution in [0.3, 0.4) is 0 Å². The number of carboxylic acids is 1. The van der Waals surface area contributed by atoms with Crippen molar-refractivity contribution in [3.63, 3.8) is 0 Å². The van der Waals surface area contributed by atoms with E-state index in [1.165, 1.54) is 6.07 Å². The van der Waals surface area contributed by atoms with Crippen LogP contribution in [0.5, 0.6) is 0 Å². The number of anilines is 1. The van der Waals surface area contributed by atoms with E-state index in [2.05, 4.69) is 15.0 Å². The van der Waals surface area contributed by atoms with Crippen LogP contribution in [0.15, 0.2) is 47.4 Å². The number of carboxylic acid groups (broad SMARTS) is 1. The van der Waals surface area contributed by atoms with E-state index in [0.29, 0.717) is 5.56 Å². The number of nitrogens with zero attached hydrogens (tertiary/aromatic N) is 2. The third-order valence-corrected chi connectivity index (χ3v) is 5.63. The number of aliphatic hydroxyl groups excluding tert-OH is 2. The van der Waals surface area contributed by atoms with E-state index in [-0.39, 0.29) is 5.82 Å². The second-order valence-electron chi connectivity index (χ2n) is 6.98. The minimum absolute atomic E-state index is 0.0797. The molecule has 0 radical (unpaired) electrons. The topological polar surface area (TPSA) is 218 Å². The van der Waals surface area contributed by atoms with Crippen molar-refractivity contribution in [3.8, 4) is 0 Å². The fourth-order valence-electron chi connectivity index (χ4n) is 3.05. The molecule has 0 spiro atoms. The second-order valence-corrected chi connectivity index (χ2v) is 8.63. The van der Waals surface area contributed by atoms with Crippen molar-refractivity contribution in [2.45, 2.75) is 30.4 Å². The number of benzene rings is 1. The van der Waals surface area contributed by atoms with E-state index in [1.807, 2.05) is 0 Å². The van der Waals surface area contributed by atoms with Crippen molar-refractivity contribution < 1.29 is 48.7 Å². The molecule has 0 bridgehead atoms. The quantitative estimate of drug-likeness (QED) is 0.241. The van der Waals surface area contributed by atoms with Crippen LogP contribution in [0.2, 0.25) is 0 Å². The maximum absolute atomic E-state index is 12.4. The van der Waals surface area contributed by atoms with Crippen LogP contribution in [-0.4, -0.2) is 77.3 Å². The van der Waals surface area contributed by atoms with Crippen LogP contribution in [0.25, 0.3) is 0 Å². The first-order chi connectivity index (χ1) is 15.5. The Morgan fingerprint density at radius 2 is 1.85 bits per heavy atom. The molecule has 6 N–H and O–H groups in total. The molecule has 1 saturated heterocycles. The van der Waals surface area contributed by atoms with Crippen molar-refractivity contribution in [1.82, 2.24) is 9.55 Å². The number of aromatic nitrogens is 2. The molecule has 15 heteroatoms. The highest BCUT2D eigenvalue weighted by molar-refractivity contribution is 7.53. The third-order valence-electron chi connectivity index (χ3n) is 4.65. The Balaban J connectivity index is 1.70. The largest absolute Gasteiger partial charge is 0.479 e. The minimum Gasteiger partial charge on any atom is -0.479 e. The highest BCUT2D eigenvalue weighted by Crippen LogP contribution is 2.42. The maximum atomic E-state index is 12.4. The van der Waals surface area contributed by atoms with Gasteiger partial charge in [0.15, 0.2) is 6.23 Å². The summed E-state index contributed by atoms with van der Waals surface area (Å²) < 4.78 is 22.1. The molecule has 1 aliphatic heterocycles. The summed E-state index contributed by atoms with van der Waals surface area (Å²) in [6, 6.07) is 9.41. The lowest BCUT2D eigenvalue weighted by atomic mass is 10.1. The van der Waals surface area contributed by atoms with Gasteiger partial charge in [0.05, 0.1) is 6.61 Å². The van der Waals surface area contributed by atoms with E-state index in [1.54, 1.807) is 30.3 Å². The van der Waals surface area contributed by atoms with Crippen molar-refractivity contribution >= 4 is 25.3 Å². The van der Waals surface area contributed by atoms with E-state index in [0.717, 1.165) is 10.8 Å². The Morgan fingerprint density at radius 3 is 2.42 bits per heavy atom. The van der Waals surface area contributed by atoms with Crippen LogP contribution in [-0.2, 0) is 18.8 Å². The highest BCUT2D eigenvalue weighted by atomic mass is 31.2. The molecule has 178 valence electrons. The Morgan fingerprint density at radius 1 is 1.18 bits per heavy atom. The molecule has 1 fully saturated rings. The first kappa shape index (κ1) is 24.7. The zero-order valence-corrected chi connectivity index (χ0v) is 17.6. The second kappa shape index (κ2) is 9.89. The summed E-state index contributed by atoms with van der Waals surface area (Å²) in [5.74, 6) is -5.02. The number of carbonyl (C=O) groups is 2. The number of hydrogen-bond donors (Lipinski definition) is 6. The normalized spacial score (nSPS) is 23.8. The lowest BCUT2D eigenvalue weighted by molar-refractivity contribution is -0.149. The monoisotopic (exact) mass is 485 g/mol. The number of carbonyl (C=O) groups excluding carboxylic acids is 1. The molecular formula is C18H20N3O11P. The Kier molecular flexibility index (Phi) is 7.39. The molecule has 1 amide bonds. The lowest BCUT2D eigenvalue weighted by Crippen LogP contribution is -2.37. The average Bonchev–Trinajstić information content (AvgIpc) is 3.02. The van der Waals surface area contributed by atoms with Gasteiger partial charge in [-0.1, -0.05) is 18.2 Å². The molecule has 1 unspecified atom stereocenters. The predicted octanol–water partition coefficient (Wildman–Crippen LogP) is -1.28. The Bertz CT molecular complexity index is 1120. The molecule has 1 aromatic heterocycles. The van der Waals surface area contributed by atoms with Crippen LogP contribution in [0, 0.1) is 0 Å². The van der Waals surface area contributed by atoms with Gasteiger partial charge in [-0.05, 0) is 18.2 Å². The minimum atomic E-state index is -5.17. The summed E-state index contributed by atoms with van der Waals surface area (Å²) >= 11 is 0. The number of nitrogens with one attached hydrogen (secondary N) is 1. The number of rotatable bonds is 8. The third kappa shape index (κ3) is 5.69. The summed E-state index contributed by atoms with van der Waals surface area (Å²) in [4.78, 5) is 57.3. The maximum Gasteiger partial charge on any atom is 0.365 e. The number of aliphatic carboxylic acids is 1. The molecule has 1 aliphatic rings. The molecule has 14 nitrogen and oxygen atoms in total. The molecular weight excluding hydrogens is 465 g/mol. The van der Waals surface area contributed by atoms with Gasteiger partial charge in [-0.25, -0.2) is 9.59 Å². The molecule has 0 saturated carbocycles. The van der Waals surface area contributed by atoms with E-state index < -0.39 is 62.2 Å². The molecule has 33 heavy (non-hydrogen) atoms. The predicted molar refractivity (Wildman–Crippen MR) is 108 cm³/mol. The summed E-state index contributed by atoms with van der Waals surface area (Å²) in [5.41, 5.74) is -0.615. The average molecular weight is 485 g/mol. The van der Waals surface area contributed by atoms with Gasteiger partial charge in [-0.15, -0.1) is 0 Å². The van der Waals surface area contributed by atoms with Gasteiger partial charge in [0, 0.05) is 11.8 Å². The van der Waals surface area contributed by atoms with Crippen molar-refractivity contribution in [2.24, 2.45) is 0 Å². The highest BCUT2D eigenvalue weighted by Gasteiger charge is 2.46. The van der Waals surface area contributed by atoms with Gasteiger partial charge in [0.25, 0.3) is 11.8 Å². The smallest absolute Gasteiger partial charge is 0.365 e. The zero-order chi connectivity index (χ0) is 24.3. The number of hydrogen-bond acceptors (Lipinski definition) is 9. The summed E-state index contributed by atoms with van der Waals surface area (Å²) in [5, 5.41) is 31.7. The first-order valence-electron chi connectivity index (χ1n) is 9.36. The van der Waals surface area contributed by atoms with Gasteiger partial charge < -0.3 is 39.9 Å². The Hall–Kier alpha value is -2.97. The van der Waals surface area contributed by atoms with Gasteiger partial charge in [-0.3, -0.25) is 13.9 Å². The van der Waals surface area contributed by atoms with Crippen molar-refractivity contribution in [2.75, 3.05) is 11.9 Å². The molecule has 2 heterocycles. The van der Waals surface area contributed by atoms with Crippen LogP contribution in [0.1, 0.15) is 16.6 Å². The van der Waals surface area contributed by atoms with E-state index in [9.17, 15) is 29.2 Å². The standard InChI is InChI=1S/C18H20N3O11P/c22-12-10(8-31-17(16(25)26)33(28,29)30)32-15(13(12)23)21-7-6-11(20-18(21)27)19-14(24)9-4-2-1-3-5-9/h1-7,10,12-13,15,17,22-23H,8H2,(H,25,26)(H2,28,29,30)(H,19,20,24,27)/t10-,12-,13-,15-,17?/m1/s1. The Labute approximate surface area is 185 Å². The molecule has 0 aliphatic carbocycles. The zero-order valence-electron chi connectivity index (χ0n) is 16.7. The molecule has 2 aromatic rings. The molecule has 3 rings (SSSR count). The molecule has 1 aromatic carbocycles. The van der Waals surface area contributed by atoms with E-state index >= 15 is 0 Å². The van der Waals surface area contributed by atoms with Crippen LogP contribution >= 0.6 is 7.60 Å². The fraction of sp³-hybridized carbons (Fsp3) is 0.333. The first-order valence-corrected chi connectivity index (χ1v) is 11.0. The van der Waals surface area contributed by atoms with Gasteiger partial charge in [0.1, 0.15) is 24.1 Å². The van der Waals surface area contributed by atoms with Crippen LogP contribution in [0.4, 0.5) is 5.82 Å². The molecule has 5 atom stereocenters. The number of ether oxygens (including phenoxy) is 2.